The Morgan fingerprint density at radius 1 is 1.27 bits per heavy atom. The predicted molar refractivity (Wildman–Crippen MR) is 102 cm³/mol. The summed E-state index contributed by atoms with van der Waals surface area (Å²) in [5.74, 6) is 0.573. The maximum Gasteiger partial charge on any atom is 0.276 e. The number of H-pyrrole nitrogens is 1. The minimum Gasteiger partial charge on any atom is -0.496 e. The molecule has 0 saturated heterocycles. The fourth-order valence-electron chi connectivity index (χ4n) is 2.67. The molecule has 4 N–H and O–H groups in total. The summed E-state index contributed by atoms with van der Waals surface area (Å²) >= 11 is 0. The average molecular weight is 361 g/mol. The Balaban J connectivity index is 2.24. The van der Waals surface area contributed by atoms with Gasteiger partial charge in [-0.2, -0.15) is 0 Å². The zero-order valence-corrected chi connectivity index (χ0v) is 15.8. The first-order valence-electron chi connectivity index (χ1n) is 8.59. The molecule has 0 spiro atoms. The van der Waals surface area contributed by atoms with Crippen molar-refractivity contribution in [2.75, 3.05) is 40.4 Å². The zero-order chi connectivity index (χ0) is 19.3. The van der Waals surface area contributed by atoms with Crippen molar-refractivity contribution in [1.82, 2.24) is 14.8 Å². The van der Waals surface area contributed by atoms with Gasteiger partial charge in [0.2, 0.25) is 0 Å². The summed E-state index contributed by atoms with van der Waals surface area (Å²) in [5.41, 5.74) is 6.43. The van der Waals surface area contributed by atoms with E-state index in [9.17, 15) is 4.79 Å². The van der Waals surface area contributed by atoms with Gasteiger partial charge in [-0.05, 0) is 19.2 Å². The van der Waals surface area contributed by atoms with Crippen LogP contribution in [0.5, 0.6) is 11.5 Å². The highest BCUT2D eigenvalue weighted by molar-refractivity contribution is 6.06. The fraction of sp³-hybridized carbons (Fsp3) is 0.444. The van der Waals surface area contributed by atoms with E-state index in [0.717, 1.165) is 35.4 Å². The number of aromatic nitrogens is 1. The van der Waals surface area contributed by atoms with Gasteiger partial charge in [0.15, 0.2) is 5.96 Å². The smallest absolute Gasteiger partial charge is 0.276 e. The zero-order valence-electron chi connectivity index (χ0n) is 15.8. The van der Waals surface area contributed by atoms with E-state index >= 15 is 0 Å². The molecular weight excluding hydrogens is 334 g/mol. The number of carbonyl (C=O) groups is 1. The Bertz CT molecular complexity index is 782. The number of hydrogen-bond acceptors (Lipinski definition) is 5. The van der Waals surface area contributed by atoms with Crippen molar-refractivity contribution in [3.8, 4) is 11.5 Å². The molecule has 1 aromatic heterocycles. The number of rotatable bonds is 8. The van der Waals surface area contributed by atoms with Crippen LogP contribution in [0.3, 0.4) is 0 Å². The molecule has 1 amide bonds. The van der Waals surface area contributed by atoms with E-state index in [0.29, 0.717) is 23.8 Å². The molecule has 8 heteroatoms. The van der Waals surface area contributed by atoms with Crippen LogP contribution in [0.4, 0.5) is 0 Å². The second kappa shape index (κ2) is 8.57. The van der Waals surface area contributed by atoms with Crippen LogP contribution in [0.1, 0.15) is 24.3 Å². The Labute approximate surface area is 153 Å². The number of benzene rings is 1. The number of ether oxygens (including phenoxy) is 2. The van der Waals surface area contributed by atoms with Crippen molar-refractivity contribution in [3.05, 3.63) is 23.9 Å². The number of nitrogens with two attached hydrogens (primary N) is 1. The monoisotopic (exact) mass is 361 g/mol. The summed E-state index contributed by atoms with van der Waals surface area (Å²) < 4.78 is 11.3. The predicted octanol–water partition coefficient (Wildman–Crippen LogP) is 1.86. The van der Waals surface area contributed by atoms with E-state index in [1.165, 1.54) is 7.05 Å². The van der Waals surface area contributed by atoms with Crippen LogP contribution in [0.2, 0.25) is 0 Å². The van der Waals surface area contributed by atoms with Crippen molar-refractivity contribution in [2.45, 2.75) is 13.8 Å². The Morgan fingerprint density at radius 3 is 2.54 bits per heavy atom. The average Bonchev–Trinajstić information content (AvgIpc) is 3.07. The standard InChI is InChI=1S/C18H27N5O3/c1-5-23(6-2)7-8-26-12-9-14-13(16(10-12)25-4)11-15(21-14)17(24)22(3)18(19)20/h9-11,21H,5-8H2,1-4H3,(H3,19,20). The van der Waals surface area contributed by atoms with Gasteiger partial charge in [-0.15, -0.1) is 0 Å². The summed E-state index contributed by atoms with van der Waals surface area (Å²) in [6, 6.07) is 5.33. The molecule has 0 saturated carbocycles. The molecule has 0 aliphatic carbocycles. The lowest BCUT2D eigenvalue weighted by Crippen LogP contribution is -2.38. The molecule has 142 valence electrons. The number of hydrogen-bond donors (Lipinski definition) is 3. The Hall–Kier alpha value is -2.74. The molecule has 0 bridgehead atoms. The molecule has 26 heavy (non-hydrogen) atoms. The van der Waals surface area contributed by atoms with Gasteiger partial charge >= 0.3 is 0 Å². The van der Waals surface area contributed by atoms with Gasteiger partial charge in [-0.25, -0.2) is 0 Å². The topological polar surface area (TPSA) is 108 Å². The Kier molecular flexibility index (Phi) is 6.46. The number of methoxy groups -OCH3 is 1. The fourth-order valence-corrected chi connectivity index (χ4v) is 2.67. The molecule has 1 heterocycles. The van der Waals surface area contributed by atoms with Gasteiger partial charge in [0.1, 0.15) is 23.8 Å². The number of carbonyl (C=O) groups excluding carboxylic acids is 1. The van der Waals surface area contributed by atoms with E-state index in [1.54, 1.807) is 19.2 Å². The lowest BCUT2D eigenvalue weighted by molar-refractivity contribution is 0.0864. The first-order valence-corrected chi connectivity index (χ1v) is 8.59. The van der Waals surface area contributed by atoms with Crippen molar-refractivity contribution in [3.63, 3.8) is 0 Å². The van der Waals surface area contributed by atoms with Crippen LogP contribution in [0.25, 0.3) is 10.9 Å². The first kappa shape index (κ1) is 19.6. The van der Waals surface area contributed by atoms with Crippen molar-refractivity contribution in [2.24, 2.45) is 5.73 Å². The van der Waals surface area contributed by atoms with E-state index in [4.69, 9.17) is 20.6 Å². The van der Waals surface area contributed by atoms with Crippen LogP contribution < -0.4 is 15.2 Å². The highest BCUT2D eigenvalue weighted by Gasteiger charge is 2.18. The molecule has 2 aromatic rings. The van der Waals surface area contributed by atoms with Gasteiger partial charge in [0.05, 0.1) is 12.6 Å². The third-order valence-electron chi connectivity index (χ3n) is 4.36. The highest BCUT2D eigenvalue weighted by Crippen LogP contribution is 2.32. The number of likely N-dealkylation sites (N-methyl/N-ethyl adjacent to an activating group) is 1. The highest BCUT2D eigenvalue weighted by atomic mass is 16.5. The summed E-state index contributed by atoms with van der Waals surface area (Å²) in [7, 11) is 3.03. The SMILES string of the molecule is CCN(CC)CCOc1cc(OC)c2cc(C(=O)N(C)C(=N)N)[nH]c2c1. The van der Waals surface area contributed by atoms with Crippen LogP contribution in [-0.4, -0.2) is 67.0 Å². The summed E-state index contributed by atoms with van der Waals surface area (Å²) in [6.45, 7) is 7.60. The molecule has 0 aliphatic heterocycles. The van der Waals surface area contributed by atoms with Crippen LogP contribution >= 0.6 is 0 Å². The van der Waals surface area contributed by atoms with Crippen LogP contribution in [0, 0.1) is 5.41 Å². The Morgan fingerprint density at radius 2 is 1.96 bits per heavy atom. The van der Waals surface area contributed by atoms with E-state index < -0.39 is 0 Å². The normalized spacial score (nSPS) is 11.0. The lowest BCUT2D eigenvalue weighted by atomic mass is 10.2. The minimum atomic E-state index is -0.389. The number of fused-ring (bicyclic) bond motifs is 1. The molecule has 0 atom stereocenters. The molecular formula is C18H27N5O3. The van der Waals surface area contributed by atoms with Gasteiger partial charge in [-0.1, -0.05) is 13.8 Å². The largest absolute Gasteiger partial charge is 0.496 e. The number of nitrogens with one attached hydrogen (secondary N) is 2. The molecule has 0 fully saturated rings. The van der Waals surface area contributed by atoms with Crippen molar-refractivity contribution >= 4 is 22.8 Å². The van der Waals surface area contributed by atoms with Crippen LogP contribution in [-0.2, 0) is 0 Å². The second-order valence-electron chi connectivity index (χ2n) is 5.89. The maximum atomic E-state index is 12.3. The third kappa shape index (κ3) is 4.26. The van der Waals surface area contributed by atoms with E-state index in [1.807, 2.05) is 6.07 Å². The number of nitrogens with zero attached hydrogens (tertiary/aromatic N) is 2. The van der Waals surface area contributed by atoms with Crippen molar-refractivity contribution in [1.29, 1.82) is 5.41 Å². The molecule has 0 radical (unpaired) electrons. The molecule has 8 nitrogen and oxygen atoms in total. The van der Waals surface area contributed by atoms with Gasteiger partial charge < -0.3 is 25.1 Å². The van der Waals surface area contributed by atoms with Gasteiger partial charge in [0.25, 0.3) is 5.91 Å². The minimum absolute atomic E-state index is 0.318. The lowest BCUT2D eigenvalue weighted by Gasteiger charge is -2.18. The first-order chi connectivity index (χ1) is 12.4. The summed E-state index contributed by atoms with van der Waals surface area (Å²) in [4.78, 5) is 18.7. The van der Waals surface area contributed by atoms with Gasteiger partial charge in [0, 0.05) is 31.1 Å². The number of guanidine groups is 1. The number of aromatic amines is 1. The van der Waals surface area contributed by atoms with Crippen molar-refractivity contribution < 1.29 is 14.3 Å². The molecule has 1 aromatic carbocycles. The van der Waals surface area contributed by atoms with E-state index in [-0.39, 0.29) is 11.9 Å². The summed E-state index contributed by atoms with van der Waals surface area (Å²) in [6.07, 6.45) is 0. The third-order valence-corrected chi connectivity index (χ3v) is 4.36. The van der Waals surface area contributed by atoms with Gasteiger partial charge in [-0.3, -0.25) is 15.1 Å². The molecule has 0 unspecified atom stereocenters. The maximum absolute atomic E-state index is 12.3. The van der Waals surface area contributed by atoms with Crippen LogP contribution in [0.15, 0.2) is 18.2 Å². The second-order valence-corrected chi connectivity index (χ2v) is 5.89. The summed E-state index contributed by atoms with van der Waals surface area (Å²) in [5, 5.41) is 8.16. The molecule has 2 rings (SSSR count). The van der Waals surface area contributed by atoms with E-state index in [2.05, 4.69) is 23.7 Å². The quantitative estimate of drug-likeness (QED) is 0.491. The number of amides is 1. The molecule has 0 aliphatic rings.